The molecule has 0 aliphatic rings. The Morgan fingerprint density at radius 1 is 0.236 bits per heavy atom. The highest BCUT2D eigenvalue weighted by molar-refractivity contribution is 6.00. The third-order valence-corrected chi connectivity index (χ3v) is 10.8. The number of benzene rings is 10. The molecule has 0 fully saturated rings. The summed E-state index contributed by atoms with van der Waals surface area (Å²) in [4.78, 5) is 2.48. The van der Waals surface area contributed by atoms with Gasteiger partial charge in [-0.1, -0.05) is 188 Å². The van der Waals surface area contributed by atoms with Crippen molar-refractivity contribution >= 4 is 49.4 Å². The molecule has 0 saturated carbocycles. The zero-order valence-corrected chi connectivity index (χ0v) is 30.3. The zero-order chi connectivity index (χ0) is 36.6. The summed E-state index contributed by atoms with van der Waals surface area (Å²) >= 11 is 0. The van der Waals surface area contributed by atoms with Gasteiger partial charge < -0.3 is 4.90 Å². The van der Waals surface area contributed by atoms with Gasteiger partial charge in [-0.05, 0) is 102 Å². The van der Waals surface area contributed by atoms with Gasteiger partial charge in [-0.15, -0.1) is 0 Å². The van der Waals surface area contributed by atoms with Crippen molar-refractivity contribution < 1.29 is 0 Å². The molecule has 0 amide bonds. The van der Waals surface area contributed by atoms with E-state index in [0.717, 1.165) is 28.2 Å². The maximum atomic E-state index is 2.48. The maximum Gasteiger partial charge on any atom is 0.0546 e. The highest BCUT2D eigenvalue weighted by atomic mass is 15.1. The van der Waals surface area contributed by atoms with Gasteiger partial charge in [0.1, 0.15) is 0 Å². The molecule has 0 N–H and O–H groups in total. The molecule has 0 aliphatic carbocycles. The van der Waals surface area contributed by atoms with Crippen molar-refractivity contribution in [1.82, 2.24) is 0 Å². The summed E-state index contributed by atoms with van der Waals surface area (Å²) in [6.45, 7) is 0. The van der Waals surface area contributed by atoms with Gasteiger partial charge in [0.2, 0.25) is 0 Å². The van der Waals surface area contributed by atoms with Crippen molar-refractivity contribution in [2.75, 3.05) is 4.90 Å². The summed E-state index contributed by atoms with van der Waals surface area (Å²) in [6.07, 6.45) is 0. The fraction of sp³-hybridized carbons (Fsp3) is 0. The lowest BCUT2D eigenvalue weighted by Crippen LogP contribution is -2.13. The number of para-hydroxylation sites is 1. The Morgan fingerprint density at radius 2 is 0.745 bits per heavy atom. The Labute approximate surface area is 322 Å². The smallest absolute Gasteiger partial charge is 0.0546 e. The second kappa shape index (κ2) is 14.0. The first-order valence-corrected chi connectivity index (χ1v) is 18.9. The summed E-state index contributed by atoms with van der Waals surface area (Å²) in [7, 11) is 0. The topological polar surface area (TPSA) is 3.24 Å². The minimum Gasteiger partial charge on any atom is -0.309 e. The average molecular weight is 700 g/mol. The predicted octanol–water partition coefficient (Wildman–Crippen LogP) is 15.3. The molecular weight excluding hydrogens is 663 g/mol. The molecule has 0 saturated heterocycles. The first kappa shape index (κ1) is 32.4. The fourth-order valence-electron chi connectivity index (χ4n) is 8.09. The lowest BCUT2D eigenvalue weighted by molar-refractivity contribution is 1.28. The third-order valence-electron chi connectivity index (χ3n) is 10.8. The lowest BCUT2D eigenvalue weighted by atomic mass is 9.93. The third kappa shape index (κ3) is 6.12. The minimum atomic E-state index is 1.09. The van der Waals surface area contributed by atoms with Crippen LogP contribution in [0.5, 0.6) is 0 Å². The van der Waals surface area contributed by atoms with Crippen LogP contribution >= 0.6 is 0 Å². The Morgan fingerprint density at radius 3 is 1.55 bits per heavy atom. The van der Waals surface area contributed by atoms with E-state index in [4.69, 9.17) is 0 Å². The molecule has 10 aromatic carbocycles. The van der Waals surface area contributed by atoms with Crippen molar-refractivity contribution in [2.45, 2.75) is 0 Å². The number of hydrogen-bond acceptors (Lipinski definition) is 1. The molecule has 10 aromatic rings. The second-order valence-corrected chi connectivity index (χ2v) is 14.2. The van der Waals surface area contributed by atoms with Gasteiger partial charge >= 0.3 is 0 Å². The van der Waals surface area contributed by atoms with Crippen molar-refractivity contribution in [3.05, 3.63) is 224 Å². The minimum absolute atomic E-state index is 1.09. The number of nitrogens with zero attached hydrogens (tertiary/aromatic N) is 1. The van der Waals surface area contributed by atoms with Crippen molar-refractivity contribution in [3.8, 4) is 44.5 Å². The van der Waals surface area contributed by atoms with Gasteiger partial charge in [-0.2, -0.15) is 0 Å². The van der Waals surface area contributed by atoms with E-state index in [9.17, 15) is 0 Å². The molecular formula is C54H37N. The van der Waals surface area contributed by atoms with Gasteiger partial charge in [0.15, 0.2) is 0 Å². The van der Waals surface area contributed by atoms with Gasteiger partial charge in [-0.25, -0.2) is 0 Å². The molecule has 0 aliphatic heterocycles. The van der Waals surface area contributed by atoms with Gasteiger partial charge in [0.05, 0.1) is 11.4 Å². The van der Waals surface area contributed by atoms with Crippen LogP contribution in [0.4, 0.5) is 17.1 Å². The van der Waals surface area contributed by atoms with Crippen LogP contribution in [0.25, 0.3) is 76.8 Å². The van der Waals surface area contributed by atoms with Gasteiger partial charge in [-0.3, -0.25) is 0 Å². The second-order valence-electron chi connectivity index (χ2n) is 14.2. The Hall–Kier alpha value is -7.22. The number of anilines is 3. The molecule has 1 nitrogen and oxygen atoms in total. The van der Waals surface area contributed by atoms with Crippen LogP contribution in [0.15, 0.2) is 224 Å². The number of fused-ring (bicyclic) bond motifs is 3. The predicted molar refractivity (Wildman–Crippen MR) is 235 cm³/mol. The van der Waals surface area contributed by atoms with Crippen molar-refractivity contribution in [1.29, 1.82) is 0 Å². The van der Waals surface area contributed by atoms with Crippen LogP contribution in [0.1, 0.15) is 0 Å². The van der Waals surface area contributed by atoms with E-state index in [1.54, 1.807) is 0 Å². The highest BCUT2D eigenvalue weighted by Gasteiger charge is 2.22. The van der Waals surface area contributed by atoms with E-state index in [0.29, 0.717) is 0 Å². The molecule has 0 atom stereocenters. The summed E-state index contributed by atoms with van der Waals surface area (Å²) in [5.41, 5.74) is 12.7. The Bertz CT molecular complexity index is 2990. The molecule has 258 valence electrons. The zero-order valence-electron chi connectivity index (χ0n) is 30.3. The molecule has 0 unspecified atom stereocenters. The molecule has 55 heavy (non-hydrogen) atoms. The monoisotopic (exact) mass is 699 g/mol. The van der Waals surface area contributed by atoms with E-state index in [1.807, 2.05) is 0 Å². The van der Waals surface area contributed by atoms with Crippen LogP contribution in [-0.2, 0) is 0 Å². The van der Waals surface area contributed by atoms with E-state index < -0.39 is 0 Å². The number of hydrogen-bond donors (Lipinski definition) is 0. The molecule has 0 aromatic heterocycles. The molecule has 0 radical (unpaired) electrons. The molecule has 1 heteroatoms. The maximum absolute atomic E-state index is 2.48. The molecule has 0 heterocycles. The van der Waals surface area contributed by atoms with E-state index >= 15 is 0 Å². The van der Waals surface area contributed by atoms with E-state index in [1.165, 1.54) is 65.7 Å². The fourth-order valence-corrected chi connectivity index (χ4v) is 8.09. The van der Waals surface area contributed by atoms with Crippen LogP contribution < -0.4 is 4.90 Å². The van der Waals surface area contributed by atoms with E-state index in [2.05, 4.69) is 229 Å². The lowest BCUT2D eigenvalue weighted by Gasteiger charge is -2.31. The largest absolute Gasteiger partial charge is 0.309 e. The van der Waals surface area contributed by atoms with Gasteiger partial charge in [0.25, 0.3) is 0 Å². The normalized spacial score (nSPS) is 11.3. The summed E-state index contributed by atoms with van der Waals surface area (Å²) in [5, 5.41) is 7.40. The van der Waals surface area contributed by atoms with Crippen molar-refractivity contribution in [2.24, 2.45) is 0 Å². The molecule has 0 bridgehead atoms. The summed E-state index contributed by atoms with van der Waals surface area (Å²) < 4.78 is 0. The van der Waals surface area contributed by atoms with Crippen LogP contribution in [-0.4, -0.2) is 0 Å². The van der Waals surface area contributed by atoms with Crippen molar-refractivity contribution in [3.63, 3.8) is 0 Å². The highest BCUT2D eigenvalue weighted by Crippen LogP contribution is 2.47. The van der Waals surface area contributed by atoms with Crippen LogP contribution in [0.3, 0.4) is 0 Å². The standard InChI is InChI=1S/C54H37N/c1-2-16-41(17-3-1)51-25-10-11-27-53(51)55(48-23-12-22-46(36-48)50-26-13-21-40-18-8-9-24-49(40)50)54-37-45(44-30-28-38-14-4-6-19-42(38)34-44)32-33-52(54)47-31-29-39-15-5-7-20-43(39)35-47/h1-37H. The summed E-state index contributed by atoms with van der Waals surface area (Å²) in [6, 6.07) is 81.7. The van der Waals surface area contributed by atoms with E-state index in [-0.39, 0.29) is 0 Å². The average Bonchev–Trinajstić information content (AvgIpc) is 3.26. The first-order valence-electron chi connectivity index (χ1n) is 18.9. The summed E-state index contributed by atoms with van der Waals surface area (Å²) in [5.74, 6) is 0. The molecule has 10 rings (SSSR count). The SMILES string of the molecule is c1ccc(-c2ccccc2N(c2cccc(-c3cccc4ccccc34)c2)c2cc(-c3ccc4ccccc4c3)ccc2-c2ccc3ccccc3c2)cc1. The molecule has 0 spiro atoms. The van der Waals surface area contributed by atoms with Crippen LogP contribution in [0, 0.1) is 0 Å². The first-order chi connectivity index (χ1) is 27.3. The van der Waals surface area contributed by atoms with Gasteiger partial charge in [0, 0.05) is 16.8 Å². The number of rotatable bonds is 7. The van der Waals surface area contributed by atoms with Crippen LogP contribution in [0.2, 0.25) is 0 Å². The Kier molecular flexibility index (Phi) is 8.24. The Balaban J connectivity index is 1.26. The quantitative estimate of drug-likeness (QED) is 0.160.